The highest BCUT2D eigenvalue weighted by atomic mass is 35.7. The molecule has 0 bridgehead atoms. The van der Waals surface area contributed by atoms with Crippen molar-refractivity contribution in [2.75, 3.05) is 6.16 Å². The fraction of sp³-hybridized carbons (Fsp3) is 0.280. The maximum absolute atomic E-state index is 6.04. The van der Waals surface area contributed by atoms with E-state index in [-0.39, 0.29) is 5.41 Å². The van der Waals surface area contributed by atoms with Crippen LogP contribution in [0.5, 0.6) is 0 Å². The van der Waals surface area contributed by atoms with Crippen LogP contribution in [0.4, 0.5) is 0 Å². The quantitative estimate of drug-likeness (QED) is 0.249. The van der Waals surface area contributed by atoms with Crippen LogP contribution in [0.25, 0.3) is 0 Å². The molecule has 3 aromatic rings. The predicted octanol–water partition coefficient (Wildman–Crippen LogP) is 7.31. The van der Waals surface area contributed by atoms with Gasteiger partial charge in [-0.05, 0) is 68.3 Å². The molecule has 27 heavy (non-hydrogen) atoms. The second-order valence-electron chi connectivity index (χ2n) is 7.47. The molecule has 0 nitrogen and oxygen atoms in total. The van der Waals surface area contributed by atoms with Gasteiger partial charge in [-0.3, -0.25) is 0 Å². The van der Waals surface area contributed by atoms with Crippen LogP contribution in [0.2, 0.25) is 0 Å². The molecule has 1 atom stereocenters. The summed E-state index contributed by atoms with van der Waals surface area (Å²) >= 11 is 6.04. The van der Waals surface area contributed by atoms with Gasteiger partial charge >= 0.3 is 0 Å². The summed E-state index contributed by atoms with van der Waals surface area (Å²) in [6.45, 7) is 0. The van der Waals surface area contributed by atoms with Crippen molar-refractivity contribution in [2.45, 2.75) is 32.1 Å². The average molecular weight is 395 g/mol. The summed E-state index contributed by atoms with van der Waals surface area (Å²) in [5.41, 5.74) is 4.49. The second-order valence-corrected chi connectivity index (χ2v) is 9.04. The summed E-state index contributed by atoms with van der Waals surface area (Å²) in [7, 11) is 0.520. The molecular formula is C25H28ClP. The molecule has 0 amide bonds. The van der Waals surface area contributed by atoms with E-state index in [1.54, 1.807) is 0 Å². The lowest BCUT2D eigenvalue weighted by Gasteiger charge is -2.35. The van der Waals surface area contributed by atoms with Crippen LogP contribution < -0.4 is 0 Å². The molecule has 0 saturated heterocycles. The Morgan fingerprint density at radius 3 is 1.30 bits per heavy atom. The van der Waals surface area contributed by atoms with E-state index in [1.165, 1.54) is 29.5 Å². The highest BCUT2D eigenvalue weighted by Gasteiger charge is 2.30. The van der Waals surface area contributed by atoms with Gasteiger partial charge in [0.15, 0.2) is 0 Å². The topological polar surface area (TPSA) is 0 Å². The molecule has 2 heteroatoms. The molecule has 1 unspecified atom stereocenters. The molecule has 0 radical (unpaired) electrons. The number of halogens is 1. The van der Waals surface area contributed by atoms with Crippen LogP contribution in [0.1, 0.15) is 29.5 Å². The molecule has 0 aliphatic carbocycles. The molecule has 0 fully saturated rings. The molecule has 0 spiro atoms. The smallest absolute Gasteiger partial charge is 0.0176 e. The van der Waals surface area contributed by atoms with Crippen molar-refractivity contribution in [3.8, 4) is 0 Å². The Kier molecular flexibility index (Phi) is 7.93. The second kappa shape index (κ2) is 10.6. The first-order valence-corrected chi connectivity index (χ1v) is 12.0. The summed E-state index contributed by atoms with van der Waals surface area (Å²) in [5.74, 6) is 0. The van der Waals surface area contributed by atoms with Gasteiger partial charge in [-0.2, -0.15) is 0 Å². The van der Waals surface area contributed by atoms with Gasteiger partial charge in [0.2, 0.25) is 0 Å². The van der Waals surface area contributed by atoms with Gasteiger partial charge in [0.25, 0.3) is 0 Å². The normalized spacial score (nSPS) is 11.9. The lowest BCUT2D eigenvalue weighted by molar-refractivity contribution is 0.252. The minimum atomic E-state index is 0.209. The fourth-order valence-electron chi connectivity index (χ4n) is 4.07. The van der Waals surface area contributed by atoms with E-state index in [2.05, 4.69) is 91.0 Å². The monoisotopic (exact) mass is 394 g/mol. The first-order valence-electron chi connectivity index (χ1n) is 9.75. The van der Waals surface area contributed by atoms with E-state index < -0.39 is 0 Å². The van der Waals surface area contributed by atoms with Crippen LogP contribution in [-0.4, -0.2) is 6.16 Å². The Bertz CT molecular complexity index is 670. The van der Waals surface area contributed by atoms with Gasteiger partial charge in [0.05, 0.1) is 0 Å². The summed E-state index contributed by atoms with van der Waals surface area (Å²) in [5, 5.41) is 0. The largest absolute Gasteiger partial charge is 0.100 e. The van der Waals surface area contributed by atoms with E-state index in [0.29, 0.717) is 7.93 Å². The Labute approximate surface area is 170 Å². The standard InChI is InChI=1S/C25H28ClP/c26-27-18-10-17-25(19-22-11-4-1-5-12-22,20-23-13-6-2-7-14-23)21-24-15-8-3-9-16-24/h1-9,11-16,27H,10,17-21H2. The number of rotatable bonds is 10. The van der Waals surface area contributed by atoms with Crippen molar-refractivity contribution in [3.63, 3.8) is 0 Å². The molecular weight excluding hydrogens is 367 g/mol. The van der Waals surface area contributed by atoms with Gasteiger partial charge in [-0.1, -0.05) is 91.0 Å². The number of hydrogen-bond donors (Lipinski definition) is 0. The summed E-state index contributed by atoms with van der Waals surface area (Å²) in [6, 6.07) is 32.9. The highest BCUT2D eigenvalue weighted by molar-refractivity contribution is 7.68. The number of hydrogen-bond acceptors (Lipinski definition) is 0. The van der Waals surface area contributed by atoms with E-state index in [0.717, 1.165) is 25.4 Å². The summed E-state index contributed by atoms with van der Waals surface area (Å²) in [6.07, 6.45) is 6.80. The molecule has 3 aromatic carbocycles. The van der Waals surface area contributed by atoms with Gasteiger partial charge in [-0.25, -0.2) is 0 Å². The first-order chi connectivity index (χ1) is 13.3. The third-order valence-electron chi connectivity index (χ3n) is 5.24. The van der Waals surface area contributed by atoms with E-state index in [4.69, 9.17) is 11.2 Å². The van der Waals surface area contributed by atoms with E-state index >= 15 is 0 Å². The summed E-state index contributed by atoms with van der Waals surface area (Å²) in [4.78, 5) is 0. The van der Waals surface area contributed by atoms with Gasteiger partial charge in [0.1, 0.15) is 0 Å². The van der Waals surface area contributed by atoms with E-state index in [1.807, 2.05) is 0 Å². The molecule has 0 N–H and O–H groups in total. The van der Waals surface area contributed by atoms with Crippen molar-refractivity contribution in [3.05, 3.63) is 108 Å². The first kappa shape index (κ1) is 20.1. The third kappa shape index (κ3) is 6.49. The van der Waals surface area contributed by atoms with Crippen LogP contribution in [0.3, 0.4) is 0 Å². The van der Waals surface area contributed by atoms with Crippen LogP contribution in [-0.2, 0) is 19.3 Å². The third-order valence-corrected chi connectivity index (χ3v) is 6.35. The van der Waals surface area contributed by atoms with Crippen molar-refractivity contribution in [2.24, 2.45) is 5.41 Å². The molecule has 0 heterocycles. The molecule has 0 aliphatic heterocycles. The molecule has 140 valence electrons. The molecule has 0 saturated carbocycles. The van der Waals surface area contributed by atoms with Crippen LogP contribution >= 0.6 is 19.2 Å². The maximum atomic E-state index is 6.04. The van der Waals surface area contributed by atoms with Crippen LogP contribution in [0, 0.1) is 5.41 Å². The SMILES string of the molecule is ClPCCCC(Cc1ccccc1)(Cc1ccccc1)Cc1ccccc1. The highest BCUT2D eigenvalue weighted by Crippen LogP contribution is 2.38. The molecule has 3 rings (SSSR count). The van der Waals surface area contributed by atoms with Crippen molar-refractivity contribution < 1.29 is 0 Å². The minimum Gasteiger partial charge on any atom is -0.100 e. The van der Waals surface area contributed by atoms with Crippen LogP contribution in [0.15, 0.2) is 91.0 Å². The fourth-order valence-corrected chi connectivity index (χ4v) is 4.78. The summed E-state index contributed by atoms with van der Waals surface area (Å²) < 4.78 is 0. The lowest BCUT2D eigenvalue weighted by atomic mass is 9.69. The lowest BCUT2D eigenvalue weighted by Crippen LogP contribution is -2.30. The Balaban J connectivity index is 1.93. The van der Waals surface area contributed by atoms with Crippen molar-refractivity contribution in [1.82, 2.24) is 0 Å². The van der Waals surface area contributed by atoms with Crippen molar-refractivity contribution >= 4 is 19.2 Å². The van der Waals surface area contributed by atoms with Gasteiger partial charge in [-0.15, -0.1) is 11.2 Å². The average Bonchev–Trinajstić information content (AvgIpc) is 2.70. The predicted molar refractivity (Wildman–Crippen MR) is 121 cm³/mol. The van der Waals surface area contributed by atoms with E-state index in [9.17, 15) is 0 Å². The molecule has 0 aliphatic rings. The van der Waals surface area contributed by atoms with Crippen molar-refractivity contribution in [1.29, 1.82) is 0 Å². The zero-order chi connectivity index (χ0) is 18.8. The number of benzene rings is 3. The van der Waals surface area contributed by atoms with Gasteiger partial charge in [0, 0.05) is 0 Å². The van der Waals surface area contributed by atoms with Gasteiger partial charge < -0.3 is 0 Å². The zero-order valence-corrected chi connectivity index (χ0v) is 17.5. The maximum Gasteiger partial charge on any atom is -0.0176 e. The molecule has 0 aromatic heterocycles. The Morgan fingerprint density at radius 1 is 0.593 bits per heavy atom. The zero-order valence-electron chi connectivity index (χ0n) is 15.8. The Morgan fingerprint density at radius 2 is 0.963 bits per heavy atom. The minimum absolute atomic E-state index is 0.209. The Hall–Kier alpha value is -1.62.